The van der Waals surface area contributed by atoms with E-state index in [4.69, 9.17) is 0 Å². The Balaban J connectivity index is 1.60. The van der Waals surface area contributed by atoms with Crippen molar-refractivity contribution in [3.8, 4) is 6.07 Å². The van der Waals surface area contributed by atoms with Crippen LogP contribution in [0.25, 0.3) is 0 Å². The molecule has 2 saturated carbocycles. The molecule has 0 aromatic carbocycles. The van der Waals surface area contributed by atoms with E-state index in [-0.39, 0.29) is 11.7 Å². The zero-order valence-corrected chi connectivity index (χ0v) is 13.9. The third-order valence-electron chi connectivity index (χ3n) is 4.38. The van der Waals surface area contributed by atoms with Gasteiger partial charge in [0.15, 0.2) is 5.16 Å². The highest BCUT2D eigenvalue weighted by atomic mass is 32.2. The fourth-order valence-electron chi connectivity index (χ4n) is 3.03. The maximum Gasteiger partial charge on any atom is 0.231 e. The van der Waals surface area contributed by atoms with Crippen molar-refractivity contribution in [2.24, 2.45) is 0 Å². The van der Waals surface area contributed by atoms with Gasteiger partial charge in [-0.3, -0.25) is 4.79 Å². The van der Waals surface area contributed by atoms with Gasteiger partial charge in [0.05, 0.1) is 11.8 Å². The van der Waals surface area contributed by atoms with Crippen molar-refractivity contribution >= 4 is 17.7 Å². The molecule has 0 unspecified atom stereocenters. The average Bonchev–Trinajstić information content (AvgIpc) is 3.15. The highest BCUT2D eigenvalue weighted by Crippen LogP contribution is 2.40. The van der Waals surface area contributed by atoms with E-state index in [2.05, 4.69) is 28.2 Å². The largest absolute Gasteiger partial charge is 0.337 e. The van der Waals surface area contributed by atoms with Crippen LogP contribution in [-0.2, 0) is 11.3 Å². The van der Waals surface area contributed by atoms with E-state index in [1.54, 1.807) is 0 Å². The van der Waals surface area contributed by atoms with Crippen molar-refractivity contribution in [1.82, 2.24) is 20.1 Å². The average molecular weight is 331 g/mol. The van der Waals surface area contributed by atoms with Crippen LogP contribution in [0.1, 0.15) is 50.3 Å². The third kappa shape index (κ3) is 3.58. The summed E-state index contributed by atoms with van der Waals surface area (Å²) in [5.74, 6) is 1.64. The van der Waals surface area contributed by atoms with Crippen molar-refractivity contribution < 1.29 is 4.79 Å². The molecule has 0 atom stereocenters. The molecule has 0 bridgehead atoms. The Bertz CT molecular complexity index is 637. The monoisotopic (exact) mass is 331 g/mol. The molecule has 1 aromatic rings. The Morgan fingerprint density at radius 1 is 1.48 bits per heavy atom. The molecule has 23 heavy (non-hydrogen) atoms. The maximum absolute atomic E-state index is 12.2. The predicted octanol–water partition coefficient (Wildman–Crippen LogP) is 2.39. The number of aromatic nitrogens is 3. The molecule has 0 radical (unpaired) electrons. The smallest absolute Gasteiger partial charge is 0.231 e. The molecule has 6 nitrogen and oxygen atoms in total. The molecule has 3 rings (SSSR count). The van der Waals surface area contributed by atoms with Crippen molar-refractivity contribution in [1.29, 1.82) is 5.26 Å². The van der Waals surface area contributed by atoms with Gasteiger partial charge in [-0.15, -0.1) is 16.8 Å². The van der Waals surface area contributed by atoms with Crippen molar-refractivity contribution in [2.75, 3.05) is 5.75 Å². The number of nitrogens with zero attached hydrogens (tertiary/aromatic N) is 4. The highest BCUT2D eigenvalue weighted by Gasteiger charge is 2.35. The summed E-state index contributed by atoms with van der Waals surface area (Å²) in [4.78, 5) is 12.2. The maximum atomic E-state index is 12.2. The molecule has 1 aromatic heterocycles. The van der Waals surface area contributed by atoms with Crippen LogP contribution >= 0.6 is 11.8 Å². The van der Waals surface area contributed by atoms with Gasteiger partial charge >= 0.3 is 0 Å². The van der Waals surface area contributed by atoms with Crippen molar-refractivity contribution in [2.45, 2.75) is 61.7 Å². The lowest BCUT2D eigenvalue weighted by Gasteiger charge is -2.21. The molecule has 7 heteroatoms. The van der Waals surface area contributed by atoms with Crippen molar-refractivity contribution in [3.63, 3.8) is 0 Å². The van der Waals surface area contributed by atoms with E-state index >= 15 is 0 Å². The molecule has 0 aliphatic heterocycles. The second-order valence-electron chi connectivity index (χ2n) is 6.25. The molecule has 2 aliphatic rings. The number of allylic oxidation sites excluding steroid dienone is 1. The fraction of sp³-hybridized carbons (Fsp3) is 0.625. The van der Waals surface area contributed by atoms with Crippen LogP contribution in [0.15, 0.2) is 17.8 Å². The zero-order valence-electron chi connectivity index (χ0n) is 13.1. The Morgan fingerprint density at radius 3 is 2.83 bits per heavy atom. The SMILES string of the molecule is C=CCn1c(SCC(=O)NC2(C#N)CCCC2)nnc1C1CC1. The highest BCUT2D eigenvalue weighted by molar-refractivity contribution is 7.99. The summed E-state index contributed by atoms with van der Waals surface area (Å²) in [5, 5.41) is 21.5. The first-order chi connectivity index (χ1) is 11.2. The molecule has 1 amide bonds. The number of carbonyl (C=O) groups excluding carboxylic acids is 1. The topological polar surface area (TPSA) is 83.6 Å². The summed E-state index contributed by atoms with van der Waals surface area (Å²) >= 11 is 1.37. The number of thioether (sulfide) groups is 1. The number of hydrogen-bond donors (Lipinski definition) is 1. The van der Waals surface area contributed by atoms with Gasteiger partial charge in [0.2, 0.25) is 5.91 Å². The number of hydrogen-bond acceptors (Lipinski definition) is 5. The van der Waals surface area contributed by atoms with Gasteiger partial charge in [-0.25, -0.2) is 0 Å². The van der Waals surface area contributed by atoms with Crippen LogP contribution < -0.4 is 5.32 Å². The van der Waals surface area contributed by atoms with Crippen LogP contribution in [0, 0.1) is 11.3 Å². The number of carbonyl (C=O) groups is 1. The minimum Gasteiger partial charge on any atom is -0.337 e. The number of rotatable bonds is 7. The summed E-state index contributed by atoms with van der Waals surface area (Å²) in [6.07, 6.45) is 7.63. The van der Waals surface area contributed by atoms with E-state index in [0.717, 1.165) is 49.5 Å². The van der Waals surface area contributed by atoms with Gasteiger partial charge in [0.1, 0.15) is 11.4 Å². The van der Waals surface area contributed by atoms with Gasteiger partial charge < -0.3 is 9.88 Å². The van der Waals surface area contributed by atoms with Gasteiger partial charge in [-0.1, -0.05) is 17.8 Å². The van der Waals surface area contributed by atoms with E-state index < -0.39 is 5.54 Å². The molecule has 1 heterocycles. The van der Waals surface area contributed by atoms with Crippen LogP contribution in [0.4, 0.5) is 0 Å². The predicted molar refractivity (Wildman–Crippen MR) is 87.9 cm³/mol. The minimum atomic E-state index is -0.661. The second kappa shape index (κ2) is 6.75. The molecular weight excluding hydrogens is 310 g/mol. The zero-order chi connectivity index (χ0) is 16.3. The van der Waals surface area contributed by atoms with E-state index in [0.29, 0.717) is 12.5 Å². The molecule has 0 saturated heterocycles. The number of nitrogens with one attached hydrogen (secondary N) is 1. The number of amides is 1. The van der Waals surface area contributed by atoms with Crippen LogP contribution in [0.3, 0.4) is 0 Å². The second-order valence-corrected chi connectivity index (χ2v) is 7.19. The summed E-state index contributed by atoms with van der Waals surface area (Å²) in [6.45, 7) is 4.44. The Hall–Kier alpha value is -1.81. The first-order valence-electron chi connectivity index (χ1n) is 8.06. The van der Waals surface area contributed by atoms with E-state index in [1.165, 1.54) is 11.8 Å². The standard InChI is InChI=1S/C16H21N5OS/c1-2-9-21-14(12-5-6-12)19-20-15(21)23-10-13(22)18-16(11-17)7-3-4-8-16/h2,12H,1,3-10H2,(H,18,22). The molecule has 2 fully saturated rings. The third-order valence-corrected chi connectivity index (χ3v) is 5.35. The summed E-state index contributed by atoms with van der Waals surface area (Å²) in [6, 6.07) is 2.28. The minimum absolute atomic E-state index is 0.112. The number of nitriles is 1. The molecule has 122 valence electrons. The normalized spacial score (nSPS) is 19.3. The van der Waals surface area contributed by atoms with Crippen LogP contribution in [0.2, 0.25) is 0 Å². The lowest BCUT2D eigenvalue weighted by molar-refractivity contribution is -0.119. The lowest BCUT2D eigenvalue weighted by atomic mass is 10.0. The molecule has 1 N–H and O–H groups in total. The summed E-state index contributed by atoms with van der Waals surface area (Å²) < 4.78 is 2.04. The van der Waals surface area contributed by atoms with Gasteiger partial charge in [-0.05, 0) is 38.5 Å². The molecule has 2 aliphatic carbocycles. The van der Waals surface area contributed by atoms with Gasteiger partial charge in [-0.2, -0.15) is 5.26 Å². The lowest BCUT2D eigenvalue weighted by Crippen LogP contribution is -2.45. The molecular formula is C16H21N5OS. The van der Waals surface area contributed by atoms with Gasteiger partial charge in [0, 0.05) is 12.5 Å². The van der Waals surface area contributed by atoms with Crippen LogP contribution in [0.5, 0.6) is 0 Å². The van der Waals surface area contributed by atoms with Gasteiger partial charge in [0.25, 0.3) is 0 Å². The van der Waals surface area contributed by atoms with E-state index in [9.17, 15) is 10.1 Å². The summed E-state index contributed by atoms with van der Waals surface area (Å²) in [7, 11) is 0. The Morgan fingerprint density at radius 2 is 2.22 bits per heavy atom. The Kier molecular flexibility index (Phi) is 4.71. The quantitative estimate of drug-likeness (QED) is 0.612. The summed E-state index contributed by atoms with van der Waals surface area (Å²) in [5.41, 5.74) is -0.661. The Labute approximate surface area is 140 Å². The molecule has 0 spiro atoms. The fourth-order valence-corrected chi connectivity index (χ4v) is 3.78. The first kappa shape index (κ1) is 16.1. The van der Waals surface area contributed by atoms with E-state index in [1.807, 2.05) is 10.6 Å². The van der Waals surface area contributed by atoms with Crippen LogP contribution in [-0.4, -0.2) is 32.0 Å². The van der Waals surface area contributed by atoms with Crippen molar-refractivity contribution in [3.05, 3.63) is 18.5 Å². The first-order valence-corrected chi connectivity index (χ1v) is 9.05.